The summed E-state index contributed by atoms with van der Waals surface area (Å²) in [7, 11) is 1.70. The molecule has 2 aromatic heterocycles. The predicted molar refractivity (Wildman–Crippen MR) is 81.3 cm³/mol. The van der Waals surface area contributed by atoms with E-state index < -0.39 is 0 Å². The highest BCUT2D eigenvalue weighted by molar-refractivity contribution is 5.64. The third kappa shape index (κ3) is 3.86. The molecule has 0 aliphatic heterocycles. The number of nitrogens with one attached hydrogen (secondary N) is 1. The van der Waals surface area contributed by atoms with Gasteiger partial charge >= 0.3 is 0 Å². The molecule has 0 saturated heterocycles. The van der Waals surface area contributed by atoms with Gasteiger partial charge in [-0.1, -0.05) is 0 Å². The zero-order valence-electron chi connectivity index (χ0n) is 12.8. The number of hydrogen-bond donors (Lipinski definition) is 2. The van der Waals surface area contributed by atoms with Crippen molar-refractivity contribution < 1.29 is 14.3 Å². The topological polar surface area (TPSA) is 72.5 Å². The smallest absolute Gasteiger partial charge is 0.125 e. The number of rotatable bonds is 8. The van der Waals surface area contributed by atoms with Crippen LogP contribution in [0.5, 0.6) is 0 Å². The van der Waals surface area contributed by atoms with Crippen LogP contribution in [0.15, 0.2) is 22.8 Å². The molecule has 0 aliphatic carbocycles. The van der Waals surface area contributed by atoms with Gasteiger partial charge < -0.3 is 19.6 Å². The molecule has 116 valence electrons. The first-order chi connectivity index (χ1) is 10.2. The van der Waals surface area contributed by atoms with E-state index in [-0.39, 0.29) is 12.6 Å². The largest absolute Gasteiger partial charge is 0.469 e. The van der Waals surface area contributed by atoms with E-state index in [4.69, 9.17) is 9.15 Å². The Hall–Kier alpha value is -1.79. The summed E-state index contributed by atoms with van der Waals surface area (Å²) in [5.74, 6) is 1.73. The molecule has 0 amide bonds. The minimum Gasteiger partial charge on any atom is -0.469 e. The number of aliphatic hydroxyl groups is 1. The maximum absolute atomic E-state index is 9.19. The Kier molecular flexibility index (Phi) is 5.41. The molecular weight excluding hydrogens is 270 g/mol. The van der Waals surface area contributed by atoms with Crippen molar-refractivity contribution in [1.29, 1.82) is 0 Å². The number of aliphatic hydroxyl groups excluding tert-OH is 1. The number of methoxy groups -OCH3 is 1. The second-order valence-electron chi connectivity index (χ2n) is 5.08. The fourth-order valence-corrected chi connectivity index (χ4v) is 2.20. The number of furan rings is 1. The van der Waals surface area contributed by atoms with E-state index in [1.54, 1.807) is 18.1 Å². The summed E-state index contributed by atoms with van der Waals surface area (Å²) < 4.78 is 12.2. The summed E-state index contributed by atoms with van der Waals surface area (Å²) in [5, 5.41) is 17.1. The Morgan fingerprint density at radius 2 is 2.33 bits per heavy atom. The van der Waals surface area contributed by atoms with Gasteiger partial charge in [-0.05, 0) is 26.3 Å². The first-order valence-electron chi connectivity index (χ1n) is 7.14. The maximum atomic E-state index is 9.19. The van der Waals surface area contributed by atoms with Gasteiger partial charge in [0.05, 0.1) is 25.1 Å². The van der Waals surface area contributed by atoms with Crippen molar-refractivity contribution in [2.45, 2.75) is 32.9 Å². The van der Waals surface area contributed by atoms with E-state index >= 15 is 0 Å². The molecule has 1 atom stereocenters. The molecule has 0 spiro atoms. The molecule has 0 aliphatic rings. The normalized spacial score (nSPS) is 12.6. The van der Waals surface area contributed by atoms with Gasteiger partial charge in [-0.3, -0.25) is 0 Å². The molecule has 2 heterocycles. The Bertz CT molecular complexity index is 562. The van der Waals surface area contributed by atoms with Crippen molar-refractivity contribution in [2.75, 3.05) is 25.6 Å². The van der Waals surface area contributed by atoms with E-state index in [1.165, 1.54) is 0 Å². The quantitative estimate of drug-likeness (QED) is 0.781. The summed E-state index contributed by atoms with van der Waals surface area (Å²) in [5.41, 5.74) is 1.82. The van der Waals surface area contributed by atoms with Crippen LogP contribution in [0.25, 0.3) is 11.3 Å². The van der Waals surface area contributed by atoms with E-state index in [1.807, 2.05) is 19.1 Å². The van der Waals surface area contributed by atoms with Gasteiger partial charge in [-0.2, -0.15) is 5.10 Å². The first kappa shape index (κ1) is 15.6. The molecule has 6 nitrogen and oxygen atoms in total. The Morgan fingerprint density at radius 1 is 1.52 bits per heavy atom. The molecule has 1 unspecified atom stereocenters. The van der Waals surface area contributed by atoms with Crippen LogP contribution in [0.3, 0.4) is 0 Å². The average Bonchev–Trinajstić information content (AvgIpc) is 3.04. The number of ether oxygens (including phenoxy) is 1. The van der Waals surface area contributed by atoms with Crippen LogP contribution >= 0.6 is 0 Å². The molecule has 0 saturated carbocycles. The van der Waals surface area contributed by atoms with E-state index in [9.17, 15) is 5.11 Å². The summed E-state index contributed by atoms with van der Waals surface area (Å²) in [4.78, 5) is 0. The molecule has 6 heteroatoms. The zero-order chi connectivity index (χ0) is 15.2. The molecule has 0 bridgehead atoms. The number of hydrogen-bond acceptors (Lipinski definition) is 5. The minimum atomic E-state index is 0.0482. The van der Waals surface area contributed by atoms with Crippen molar-refractivity contribution in [2.24, 2.45) is 0 Å². The van der Waals surface area contributed by atoms with E-state index in [2.05, 4.69) is 17.3 Å². The zero-order valence-corrected chi connectivity index (χ0v) is 12.8. The lowest BCUT2D eigenvalue weighted by Gasteiger charge is -2.15. The number of anilines is 1. The molecule has 2 N–H and O–H groups in total. The van der Waals surface area contributed by atoms with Crippen molar-refractivity contribution in [1.82, 2.24) is 9.78 Å². The molecule has 2 aromatic rings. The standard InChI is InChI=1S/C15H23N3O3/c1-11(4-8-20-3)16-15-10-14(17-18(15)6-7-19)13-5-9-21-12(13)2/h5,9-11,16,19H,4,6-8H2,1-3H3. The monoisotopic (exact) mass is 293 g/mol. The third-order valence-electron chi connectivity index (χ3n) is 3.38. The van der Waals surface area contributed by atoms with Crippen LogP contribution in [-0.4, -0.2) is 41.3 Å². The van der Waals surface area contributed by atoms with Crippen molar-refractivity contribution in [3.05, 3.63) is 24.2 Å². The minimum absolute atomic E-state index is 0.0482. The Labute approximate surface area is 124 Å². The van der Waals surface area contributed by atoms with E-state index in [0.717, 1.165) is 29.3 Å². The van der Waals surface area contributed by atoms with E-state index in [0.29, 0.717) is 13.2 Å². The van der Waals surface area contributed by atoms with Crippen molar-refractivity contribution in [3.63, 3.8) is 0 Å². The molecular formula is C15H23N3O3. The highest BCUT2D eigenvalue weighted by Gasteiger charge is 2.14. The van der Waals surface area contributed by atoms with Gasteiger partial charge in [0.2, 0.25) is 0 Å². The van der Waals surface area contributed by atoms with Crippen LogP contribution < -0.4 is 5.32 Å². The lowest BCUT2D eigenvalue weighted by atomic mass is 10.2. The summed E-state index contributed by atoms with van der Waals surface area (Å²) in [6, 6.07) is 4.15. The number of nitrogens with zero attached hydrogens (tertiary/aromatic N) is 2. The lowest BCUT2D eigenvalue weighted by Crippen LogP contribution is -2.20. The highest BCUT2D eigenvalue weighted by Crippen LogP contribution is 2.26. The van der Waals surface area contributed by atoms with Gasteiger partial charge in [-0.15, -0.1) is 0 Å². The van der Waals surface area contributed by atoms with Crippen LogP contribution in [-0.2, 0) is 11.3 Å². The maximum Gasteiger partial charge on any atom is 0.125 e. The predicted octanol–water partition coefficient (Wildman–Crippen LogP) is 2.28. The SMILES string of the molecule is COCCC(C)Nc1cc(-c2ccoc2C)nn1CCO. The van der Waals surface area contributed by atoms with Gasteiger partial charge in [0, 0.05) is 31.4 Å². The van der Waals surface area contributed by atoms with Crippen LogP contribution in [0.4, 0.5) is 5.82 Å². The molecule has 2 rings (SSSR count). The fourth-order valence-electron chi connectivity index (χ4n) is 2.20. The summed E-state index contributed by atoms with van der Waals surface area (Å²) in [6.07, 6.45) is 2.56. The molecule has 0 fully saturated rings. The third-order valence-corrected chi connectivity index (χ3v) is 3.38. The summed E-state index contributed by atoms with van der Waals surface area (Å²) in [6.45, 7) is 5.21. The number of aromatic nitrogens is 2. The van der Waals surface area contributed by atoms with Crippen LogP contribution in [0.1, 0.15) is 19.1 Å². The molecule has 0 radical (unpaired) electrons. The Morgan fingerprint density at radius 3 is 2.95 bits per heavy atom. The second kappa shape index (κ2) is 7.28. The lowest BCUT2D eigenvalue weighted by molar-refractivity contribution is 0.191. The van der Waals surface area contributed by atoms with Gasteiger partial charge in [-0.25, -0.2) is 4.68 Å². The second-order valence-corrected chi connectivity index (χ2v) is 5.08. The average molecular weight is 293 g/mol. The molecule has 21 heavy (non-hydrogen) atoms. The van der Waals surface area contributed by atoms with Crippen LogP contribution in [0, 0.1) is 6.92 Å². The number of aryl methyl sites for hydroxylation is 1. The van der Waals surface area contributed by atoms with Crippen molar-refractivity contribution >= 4 is 5.82 Å². The summed E-state index contributed by atoms with van der Waals surface area (Å²) >= 11 is 0. The fraction of sp³-hybridized carbons (Fsp3) is 0.533. The molecule has 0 aromatic carbocycles. The van der Waals surface area contributed by atoms with Gasteiger partial charge in [0.15, 0.2) is 0 Å². The van der Waals surface area contributed by atoms with Crippen LogP contribution in [0.2, 0.25) is 0 Å². The highest BCUT2D eigenvalue weighted by atomic mass is 16.5. The first-order valence-corrected chi connectivity index (χ1v) is 7.14. The van der Waals surface area contributed by atoms with Gasteiger partial charge in [0.1, 0.15) is 11.6 Å². The Balaban J connectivity index is 2.19. The van der Waals surface area contributed by atoms with Gasteiger partial charge in [0.25, 0.3) is 0 Å². The van der Waals surface area contributed by atoms with Crippen molar-refractivity contribution in [3.8, 4) is 11.3 Å².